The summed E-state index contributed by atoms with van der Waals surface area (Å²) in [5.41, 5.74) is 4.21. The Morgan fingerprint density at radius 2 is 1.90 bits per heavy atom. The molecule has 6 nitrogen and oxygen atoms in total. The zero-order valence-corrected chi connectivity index (χ0v) is 17.9. The number of aliphatic imine (C=N–C) groups is 1. The lowest BCUT2D eigenvalue weighted by atomic mass is 9.78. The lowest BCUT2D eigenvalue weighted by Gasteiger charge is -2.35. The molecule has 2 N–H and O–H groups in total. The minimum absolute atomic E-state index is 0.253. The molecule has 0 aromatic heterocycles. The van der Waals surface area contributed by atoms with E-state index in [1.165, 1.54) is 16.7 Å². The molecule has 1 heterocycles. The molecule has 160 valence electrons. The quantitative estimate of drug-likeness (QED) is 0.545. The summed E-state index contributed by atoms with van der Waals surface area (Å²) in [6, 6.07) is 17.3. The van der Waals surface area contributed by atoms with E-state index in [1.54, 1.807) is 7.11 Å². The lowest BCUT2D eigenvalue weighted by Crippen LogP contribution is -2.47. The van der Waals surface area contributed by atoms with E-state index in [9.17, 15) is 0 Å². The predicted molar refractivity (Wildman–Crippen MR) is 120 cm³/mol. The molecule has 2 atom stereocenters. The predicted octanol–water partition coefficient (Wildman–Crippen LogP) is 2.57. The fourth-order valence-corrected chi connectivity index (χ4v) is 4.35. The maximum atomic E-state index is 5.56. The van der Waals surface area contributed by atoms with Gasteiger partial charge in [0.2, 0.25) is 0 Å². The number of morpholine rings is 1. The number of rotatable bonds is 7. The van der Waals surface area contributed by atoms with Crippen LogP contribution >= 0.6 is 0 Å². The van der Waals surface area contributed by atoms with Gasteiger partial charge in [-0.3, -0.25) is 9.89 Å². The number of methoxy groups -OCH3 is 1. The monoisotopic (exact) mass is 408 g/mol. The van der Waals surface area contributed by atoms with Crippen LogP contribution in [0.3, 0.4) is 0 Å². The van der Waals surface area contributed by atoms with Crippen LogP contribution in [0, 0.1) is 0 Å². The average Bonchev–Trinajstić information content (AvgIpc) is 2.79. The van der Waals surface area contributed by atoms with Gasteiger partial charge in [0, 0.05) is 39.1 Å². The van der Waals surface area contributed by atoms with Gasteiger partial charge in [0.15, 0.2) is 5.96 Å². The first-order valence-electron chi connectivity index (χ1n) is 10.8. The van der Waals surface area contributed by atoms with Gasteiger partial charge in [-0.25, -0.2) is 0 Å². The smallest absolute Gasteiger partial charge is 0.191 e. The molecule has 6 heteroatoms. The minimum Gasteiger partial charge on any atom is -0.497 e. The fourth-order valence-electron chi connectivity index (χ4n) is 4.35. The number of benzene rings is 2. The summed E-state index contributed by atoms with van der Waals surface area (Å²) in [4.78, 5) is 6.92. The Bertz CT molecular complexity index is 847. The first kappa shape index (κ1) is 20.7. The van der Waals surface area contributed by atoms with Crippen LogP contribution in [0.15, 0.2) is 53.5 Å². The number of guanidine groups is 1. The summed E-state index contributed by atoms with van der Waals surface area (Å²) in [6.45, 7) is 5.11. The van der Waals surface area contributed by atoms with Crippen molar-refractivity contribution in [3.05, 3.63) is 65.2 Å². The van der Waals surface area contributed by atoms with Crippen LogP contribution in [0.5, 0.6) is 5.75 Å². The normalized spacial score (nSPS) is 20.1. The molecule has 4 rings (SSSR count). The van der Waals surface area contributed by atoms with Crippen molar-refractivity contribution in [2.75, 3.05) is 53.6 Å². The van der Waals surface area contributed by atoms with E-state index in [-0.39, 0.29) is 6.04 Å². The third-order valence-corrected chi connectivity index (χ3v) is 6.15. The molecule has 0 spiro atoms. The Balaban J connectivity index is 1.36. The van der Waals surface area contributed by atoms with Crippen molar-refractivity contribution >= 4 is 5.96 Å². The largest absolute Gasteiger partial charge is 0.497 e. The number of hydrogen-bond acceptors (Lipinski definition) is 4. The molecule has 2 aromatic rings. The van der Waals surface area contributed by atoms with E-state index in [1.807, 2.05) is 19.2 Å². The molecule has 30 heavy (non-hydrogen) atoms. The van der Waals surface area contributed by atoms with Crippen LogP contribution in [-0.2, 0) is 11.2 Å². The molecule has 2 aliphatic rings. The molecule has 0 saturated carbocycles. The highest BCUT2D eigenvalue weighted by atomic mass is 16.5. The molecule has 0 amide bonds. The zero-order chi connectivity index (χ0) is 20.8. The van der Waals surface area contributed by atoms with Gasteiger partial charge in [-0.2, -0.15) is 0 Å². The Labute approximate surface area is 179 Å². The first-order chi connectivity index (χ1) is 14.8. The van der Waals surface area contributed by atoms with E-state index < -0.39 is 0 Å². The van der Waals surface area contributed by atoms with E-state index in [4.69, 9.17) is 9.47 Å². The average molecular weight is 409 g/mol. The summed E-state index contributed by atoms with van der Waals surface area (Å²) in [5, 5.41) is 7.06. The number of fused-ring (bicyclic) bond motifs is 1. The van der Waals surface area contributed by atoms with Crippen molar-refractivity contribution < 1.29 is 9.47 Å². The number of nitrogens with one attached hydrogen (secondary N) is 2. The number of hydrogen-bond donors (Lipinski definition) is 2. The van der Waals surface area contributed by atoms with E-state index in [0.717, 1.165) is 57.5 Å². The third kappa shape index (κ3) is 4.77. The fraction of sp³-hybridized carbons (Fsp3) is 0.458. The summed E-state index contributed by atoms with van der Waals surface area (Å²) >= 11 is 0. The molecule has 1 fully saturated rings. The summed E-state index contributed by atoms with van der Waals surface area (Å²) in [7, 11) is 3.54. The van der Waals surface area contributed by atoms with Gasteiger partial charge in [-0.05, 0) is 35.2 Å². The summed E-state index contributed by atoms with van der Waals surface area (Å²) in [5.74, 6) is 2.30. The van der Waals surface area contributed by atoms with Crippen molar-refractivity contribution in [2.24, 2.45) is 4.99 Å². The van der Waals surface area contributed by atoms with Crippen LogP contribution in [-0.4, -0.2) is 64.4 Å². The van der Waals surface area contributed by atoms with Gasteiger partial charge in [0.05, 0.1) is 26.4 Å². The number of nitrogens with zero attached hydrogens (tertiary/aromatic N) is 2. The lowest BCUT2D eigenvalue weighted by molar-refractivity contribution is 0.0170. The Morgan fingerprint density at radius 1 is 1.13 bits per heavy atom. The molecular formula is C24H32N4O2. The van der Waals surface area contributed by atoms with Crippen molar-refractivity contribution in [2.45, 2.75) is 18.4 Å². The Morgan fingerprint density at radius 3 is 2.60 bits per heavy atom. The van der Waals surface area contributed by atoms with Crippen molar-refractivity contribution in [3.63, 3.8) is 0 Å². The minimum atomic E-state index is 0.253. The van der Waals surface area contributed by atoms with Crippen molar-refractivity contribution in [1.29, 1.82) is 0 Å². The highest BCUT2D eigenvalue weighted by Crippen LogP contribution is 2.34. The molecule has 1 saturated heterocycles. The van der Waals surface area contributed by atoms with Gasteiger partial charge < -0.3 is 20.1 Å². The number of ether oxygens (including phenoxy) is 2. The Kier molecular flexibility index (Phi) is 6.87. The highest BCUT2D eigenvalue weighted by molar-refractivity contribution is 5.79. The molecule has 2 unspecified atom stereocenters. The Hall–Kier alpha value is -2.57. The first-order valence-corrected chi connectivity index (χ1v) is 10.8. The van der Waals surface area contributed by atoms with Crippen LogP contribution in [0.2, 0.25) is 0 Å². The summed E-state index contributed by atoms with van der Waals surface area (Å²) in [6.07, 6.45) is 1.14. The topological polar surface area (TPSA) is 58.1 Å². The molecule has 1 aliphatic carbocycles. The molecule has 0 radical (unpaired) electrons. The maximum Gasteiger partial charge on any atom is 0.191 e. The maximum absolute atomic E-state index is 5.56. The molecule has 2 aromatic carbocycles. The van der Waals surface area contributed by atoms with Crippen molar-refractivity contribution in [3.8, 4) is 5.75 Å². The second kappa shape index (κ2) is 9.96. The second-order valence-electron chi connectivity index (χ2n) is 7.87. The van der Waals surface area contributed by atoms with Crippen LogP contribution < -0.4 is 15.4 Å². The standard InChI is InChI=1S/C24H32N4O2/c1-25-24(26-16-20-15-19-5-3-4-6-22(19)20)27-17-23(28-11-13-30-14-12-28)18-7-9-21(29-2)10-8-18/h3-10,20,23H,11-17H2,1-2H3,(H2,25,26,27). The molecule has 0 bridgehead atoms. The van der Waals surface area contributed by atoms with E-state index >= 15 is 0 Å². The van der Waals surface area contributed by atoms with Crippen molar-refractivity contribution in [1.82, 2.24) is 15.5 Å². The van der Waals surface area contributed by atoms with E-state index in [2.05, 4.69) is 56.9 Å². The highest BCUT2D eigenvalue weighted by Gasteiger charge is 2.26. The van der Waals surface area contributed by atoms with E-state index in [0.29, 0.717) is 5.92 Å². The summed E-state index contributed by atoms with van der Waals surface area (Å²) < 4.78 is 10.9. The molecule has 1 aliphatic heterocycles. The van der Waals surface area contributed by atoms with Gasteiger partial charge in [-0.1, -0.05) is 36.4 Å². The van der Waals surface area contributed by atoms with Crippen LogP contribution in [0.4, 0.5) is 0 Å². The van der Waals surface area contributed by atoms with Gasteiger partial charge in [0.1, 0.15) is 5.75 Å². The second-order valence-corrected chi connectivity index (χ2v) is 7.87. The van der Waals surface area contributed by atoms with Crippen LogP contribution in [0.25, 0.3) is 0 Å². The molecular weight excluding hydrogens is 376 g/mol. The van der Waals surface area contributed by atoms with Gasteiger partial charge in [0.25, 0.3) is 0 Å². The SMILES string of the molecule is CN=C(NCC1Cc2ccccc21)NCC(c1ccc(OC)cc1)N1CCOCC1. The third-order valence-electron chi connectivity index (χ3n) is 6.15. The van der Waals surface area contributed by atoms with Gasteiger partial charge in [-0.15, -0.1) is 0 Å². The van der Waals surface area contributed by atoms with Gasteiger partial charge >= 0.3 is 0 Å². The van der Waals surface area contributed by atoms with Crippen LogP contribution in [0.1, 0.15) is 28.7 Å². The zero-order valence-electron chi connectivity index (χ0n) is 17.9.